The van der Waals surface area contributed by atoms with E-state index in [1.165, 1.54) is 0 Å². The molecular weight excluding hydrogens is 370 g/mol. The summed E-state index contributed by atoms with van der Waals surface area (Å²) in [5.41, 5.74) is 0.872. The Hall–Kier alpha value is -2.92. The fraction of sp³-hybridized carbons (Fsp3) is 0.524. The van der Waals surface area contributed by atoms with Crippen LogP contribution in [-0.4, -0.2) is 54.3 Å². The number of ether oxygens (including phenoxy) is 2. The van der Waals surface area contributed by atoms with E-state index in [2.05, 4.69) is 15.2 Å². The first-order valence-corrected chi connectivity index (χ1v) is 10.1. The summed E-state index contributed by atoms with van der Waals surface area (Å²) in [5, 5.41) is 12.5. The van der Waals surface area contributed by atoms with Crippen molar-refractivity contribution in [1.82, 2.24) is 15.3 Å². The number of hydrogen-bond donors (Lipinski definition) is 1. The van der Waals surface area contributed by atoms with Crippen LogP contribution in [0.15, 0.2) is 24.4 Å². The molecule has 0 spiro atoms. The summed E-state index contributed by atoms with van der Waals surface area (Å²) in [5.74, 6) is 1.29. The number of morpholine rings is 1. The number of rotatable bonds is 5. The molecule has 152 valence electrons. The fourth-order valence-electron chi connectivity index (χ4n) is 3.91. The minimum atomic E-state index is -0.200. The third-order valence-electron chi connectivity index (χ3n) is 5.44. The molecular formula is C21H25N5O3. The van der Waals surface area contributed by atoms with Crippen molar-refractivity contribution >= 4 is 22.6 Å². The van der Waals surface area contributed by atoms with Crippen molar-refractivity contribution in [2.45, 2.75) is 44.2 Å². The Morgan fingerprint density at radius 2 is 2.10 bits per heavy atom. The van der Waals surface area contributed by atoms with Crippen molar-refractivity contribution in [3.05, 3.63) is 24.4 Å². The van der Waals surface area contributed by atoms with Crippen molar-refractivity contribution in [3.8, 4) is 11.9 Å². The van der Waals surface area contributed by atoms with Crippen LogP contribution in [0.2, 0.25) is 0 Å². The number of carbonyl (C=O) groups is 1. The Labute approximate surface area is 169 Å². The SMILES string of the molecule is N#CCC(=O)N[C@H]1CC[C@@H](Oc2nc(N3CCOCC3)cc3ncccc23)CC1. The molecule has 2 fully saturated rings. The summed E-state index contributed by atoms with van der Waals surface area (Å²) in [6, 6.07) is 7.89. The van der Waals surface area contributed by atoms with E-state index in [0.29, 0.717) is 19.1 Å². The summed E-state index contributed by atoms with van der Waals surface area (Å²) in [6.07, 6.45) is 5.08. The van der Waals surface area contributed by atoms with Crippen molar-refractivity contribution in [2.24, 2.45) is 0 Å². The number of anilines is 1. The standard InChI is InChI=1S/C21H25N5O3/c22-8-7-20(27)24-15-3-5-16(6-4-15)29-21-17-2-1-9-23-18(17)14-19(25-21)26-10-12-28-13-11-26/h1-2,9,14-16H,3-7,10-13H2,(H,24,27)/t15-,16+. The largest absolute Gasteiger partial charge is 0.474 e. The number of fused-ring (bicyclic) bond motifs is 1. The molecule has 2 aromatic heterocycles. The lowest BCUT2D eigenvalue weighted by molar-refractivity contribution is -0.121. The quantitative estimate of drug-likeness (QED) is 0.828. The van der Waals surface area contributed by atoms with Crippen LogP contribution in [0.5, 0.6) is 5.88 Å². The van der Waals surface area contributed by atoms with Crippen molar-refractivity contribution in [1.29, 1.82) is 5.26 Å². The van der Waals surface area contributed by atoms with E-state index in [1.54, 1.807) is 6.20 Å². The zero-order valence-electron chi connectivity index (χ0n) is 16.3. The Morgan fingerprint density at radius 3 is 2.86 bits per heavy atom. The number of amides is 1. The van der Waals surface area contributed by atoms with Crippen LogP contribution in [0.1, 0.15) is 32.1 Å². The maximum Gasteiger partial charge on any atom is 0.234 e. The molecule has 0 bridgehead atoms. The average Bonchev–Trinajstić information content (AvgIpc) is 2.76. The highest BCUT2D eigenvalue weighted by atomic mass is 16.5. The lowest BCUT2D eigenvalue weighted by atomic mass is 9.93. The van der Waals surface area contributed by atoms with E-state index in [4.69, 9.17) is 19.7 Å². The Bertz CT molecular complexity index is 899. The van der Waals surface area contributed by atoms with Crippen molar-refractivity contribution < 1.29 is 14.3 Å². The number of aromatic nitrogens is 2. The monoisotopic (exact) mass is 395 g/mol. The fourth-order valence-corrected chi connectivity index (χ4v) is 3.91. The molecule has 0 unspecified atom stereocenters. The minimum Gasteiger partial charge on any atom is -0.474 e. The molecule has 29 heavy (non-hydrogen) atoms. The molecule has 2 aliphatic rings. The van der Waals surface area contributed by atoms with Crippen LogP contribution in [0.4, 0.5) is 5.82 Å². The first kappa shape index (κ1) is 19.4. The Kier molecular flexibility index (Phi) is 6.06. The molecule has 1 aliphatic carbocycles. The summed E-state index contributed by atoms with van der Waals surface area (Å²) in [7, 11) is 0. The lowest BCUT2D eigenvalue weighted by Crippen LogP contribution is -2.39. The minimum absolute atomic E-state index is 0.0509. The van der Waals surface area contributed by atoms with Gasteiger partial charge in [-0.1, -0.05) is 0 Å². The number of hydrogen-bond acceptors (Lipinski definition) is 7. The average molecular weight is 395 g/mol. The van der Waals surface area contributed by atoms with Crippen LogP contribution in [-0.2, 0) is 9.53 Å². The third kappa shape index (κ3) is 4.74. The number of pyridine rings is 2. The zero-order chi connectivity index (χ0) is 20.1. The number of carbonyl (C=O) groups excluding carboxylic acids is 1. The van der Waals surface area contributed by atoms with Gasteiger partial charge >= 0.3 is 0 Å². The summed E-state index contributed by atoms with van der Waals surface area (Å²) < 4.78 is 11.8. The van der Waals surface area contributed by atoms with Gasteiger partial charge in [0.05, 0.1) is 30.2 Å². The zero-order valence-corrected chi connectivity index (χ0v) is 16.3. The molecule has 1 N–H and O–H groups in total. The first-order valence-electron chi connectivity index (χ1n) is 10.1. The maximum absolute atomic E-state index is 11.6. The van der Waals surface area contributed by atoms with Crippen LogP contribution >= 0.6 is 0 Å². The molecule has 3 heterocycles. The van der Waals surface area contributed by atoms with Gasteiger partial charge in [-0.2, -0.15) is 10.2 Å². The predicted octanol–water partition coefficient (Wildman–Crippen LogP) is 2.19. The van der Waals surface area contributed by atoms with Gasteiger partial charge in [-0.15, -0.1) is 0 Å². The molecule has 8 nitrogen and oxygen atoms in total. The van der Waals surface area contributed by atoms with E-state index >= 15 is 0 Å². The van der Waals surface area contributed by atoms with Gasteiger partial charge in [-0.05, 0) is 37.8 Å². The van der Waals surface area contributed by atoms with Gasteiger partial charge in [0.15, 0.2) is 0 Å². The highest BCUT2D eigenvalue weighted by molar-refractivity contribution is 5.85. The third-order valence-corrected chi connectivity index (χ3v) is 5.44. The van der Waals surface area contributed by atoms with Gasteiger partial charge in [-0.3, -0.25) is 9.78 Å². The molecule has 2 aromatic rings. The van der Waals surface area contributed by atoms with Crippen LogP contribution in [0, 0.1) is 11.3 Å². The van der Waals surface area contributed by atoms with Crippen LogP contribution in [0.25, 0.3) is 10.9 Å². The first-order chi connectivity index (χ1) is 14.2. The molecule has 1 aliphatic heterocycles. The Morgan fingerprint density at radius 1 is 1.31 bits per heavy atom. The van der Waals surface area contributed by atoms with Crippen LogP contribution in [0.3, 0.4) is 0 Å². The topological polar surface area (TPSA) is 100 Å². The Balaban J connectivity index is 1.46. The van der Waals surface area contributed by atoms with Gasteiger partial charge in [0.1, 0.15) is 18.3 Å². The highest BCUT2D eigenvalue weighted by Crippen LogP contribution is 2.30. The second-order valence-electron chi connectivity index (χ2n) is 7.45. The molecule has 1 saturated heterocycles. The molecule has 1 amide bonds. The summed E-state index contributed by atoms with van der Waals surface area (Å²) in [6.45, 7) is 3.00. The second kappa shape index (κ2) is 9.05. The smallest absolute Gasteiger partial charge is 0.234 e. The molecule has 1 saturated carbocycles. The van der Waals surface area contributed by atoms with Gasteiger partial charge in [-0.25, -0.2) is 0 Å². The van der Waals surface area contributed by atoms with Gasteiger partial charge in [0.25, 0.3) is 0 Å². The molecule has 4 rings (SSSR count). The van der Waals surface area contributed by atoms with Gasteiger partial charge in [0, 0.05) is 31.4 Å². The van der Waals surface area contributed by atoms with Crippen molar-refractivity contribution in [3.63, 3.8) is 0 Å². The molecule has 0 aromatic carbocycles. The molecule has 8 heteroatoms. The van der Waals surface area contributed by atoms with E-state index in [1.807, 2.05) is 24.3 Å². The summed E-state index contributed by atoms with van der Waals surface area (Å²) >= 11 is 0. The van der Waals surface area contributed by atoms with Crippen LogP contribution < -0.4 is 15.0 Å². The number of nitrogens with zero attached hydrogens (tertiary/aromatic N) is 4. The van der Waals surface area contributed by atoms with E-state index in [9.17, 15) is 4.79 Å². The maximum atomic E-state index is 11.6. The summed E-state index contributed by atoms with van der Waals surface area (Å²) in [4.78, 5) is 23.1. The highest BCUT2D eigenvalue weighted by Gasteiger charge is 2.25. The van der Waals surface area contributed by atoms with E-state index in [-0.39, 0.29) is 24.5 Å². The van der Waals surface area contributed by atoms with E-state index in [0.717, 1.165) is 55.5 Å². The van der Waals surface area contributed by atoms with Gasteiger partial charge < -0.3 is 19.7 Å². The normalized spacial score (nSPS) is 22.1. The van der Waals surface area contributed by atoms with E-state index < -0.39 is 0 Å². The molecule has 0 atom stereocenters. The second-order valence-corrected chi connectivity index (χ2v) is 7.45. The molecule has 0 radical (unpaired) electrons. The van der Waals surface area contributed by atoms with Gasteiger partial charge in [0.2, 0.25) is 11.8 Å². The number of nitriles is 1. The lowest BCUT2D eigenvalue weighted by Gasteiger charge is -2.30. The van der Waals surface area contributed by atoms with Crippen molar-refractivity contribution in [2.75, 3.05) is 31.2 Å². The predicted molar refractivity (Wildman–Crippen MR) is 108 cm³/mol. The number of nitrogens with one attached hydrogen (secondary N) is 1.